The average Bonchev–Trinajstić information content (AvgIpc) is 2.86. The van der Waals surface area contributed by atoms with Gasteiger partial charge in [-0.15, -0.1) is 0 Å². The molecule has 1 aliphatic rings. The Morgan fingerprint density at radius 1 is 1.19 bits per heavy atom. The van der Waals surface area contributed by atoms with E-state index in [1.807, 2.05) is 68.4 Å². The van der Waals surface area contributed by atoms with Gasteiger partial charge < -0.3 is 14.5 Å². The van der Waals surface area contributed by atoms with Gasteiger partial charge in [0.1, 0.15) is 0 Å². The molecule has 3 rings (SSSR count). The molecule has 2 aromatic carbocycles. The van der Waals surface area contributed by atoms with Crippen LogP contribution in [0.2, 0.25) is 0 Å². The lowest BCUT2D eigenvalue weighted by Gasteiger charge is -2.37. The molecule has 0 unspecified atom stereocenters. The van der Waals surface area contributed by atoms with Crippen LogP contribution in [-0.4, -0.2) is 59.5 Å². The molecule has 194 valence electrons. The highest BCUT2D eigenvalue weighted by Crippen LogP contribution is 2.30. The fraction of sp³-hybridized carbons (Fsp3) is 0.370. The van der Waals surface area contributed by atoms with Gasteiger partial charge in [-0.3, -0.25) is 4.79 Å². The van der Waals surface area contributed by atoms with Crippen molar-refractivity contribution in [1.29, 1.82) is 0 Å². The minimum atomic E-state index is -3.78. The number of carbonyl (C=O) groups is 1. The molecule has 36 heavy (non-hydrogen) atoms. The van der Waals surface area contributed by atoms with Crippen molar-refractivity contribution in [3.63, 3.8) is 0 Å². The quantitative estimate of drug-likeness (QED) is 0.429. The molecule has 0 aliphatic carbocycles. The lowest BCUT2D eigenvalue weighted by molar-refractivity contribution is -0.108. The number of ether oxygens (including phenoxy) is 1. The maximum Gasteiger partial charge on any atom is 0.243 e. The summed E-state index contributed by atoms with van der Waals surface area (Å²) in [6.07, 6.45) is 5.23. The van der Waals surface area contributed by atoms with Gasteiger partial charge in [0.2, 0.25) is 16.4 Å². The van der Waals surface area contributed by atoms with E-state index in [-0.39, 0.29) is 10.9 Å². The number of piperidine rings is 1. The number of hydrogen-bond donors (Lipinski definition) is 0. The first-order valence-corrected chi connectivity index (χ1v) is 14.0. The van der Waals surface area contributed by atoms with Crippen LogP contribution in [0, 0.1) is 0 Å². The van der Waals surface area contributed by atoms with Crippen LogP contribution < -0.4 is 20.2 Å². The molecule has 0 aromatic heterocycles. The second kappa shape index (κ2) is 12.2. The summed E-state index contributed by atoms with van der Waals surface area (Å²) >= 11 is 3.47. The molecule has 0 spiro atoms. The summed E-state index contributed by atoms with van der Waals surface area (Å²) in [5.41, 5.74) is 2.60. The van der Waals surface area contributed by atoms with Crippen molar-refractivity contribution in [2.24, 2.45) is 0 Å². The van der Waals surface area contributed by atoms with E-state index in [2.05, 4.69) is 22.5 Å². The predicted molar refractivity (Wildman–Crippen MR) is 151 cm³/mol. The average molecular weight is 577 g/mol. The van der Waals surface area contributed by atoms with Gasteiger partial charge in [-0.25, -0.2) is 8.42 Å². The van der Waals surface area contributed by atoms with Gasteiger partial charge in [-0.1, -0.05) is 40.7 Å². The van der Waals surface area contributed by atoms with Crippen molar-refractivity contribution < 1.29 is 17.9 Å². The van der Waals surface area contributed by atoms with Gasteiger partial charge in [-0.2, -0.15) is 4.31 Å². The standard InChI is InChI=1S/C27H34BrN3O4S/c1-6-23-24(9-8-10-26(23)29(3)4)27(7-2)36(33,34)30-15-13-22(14-16-30)31(19-32)25-12-11-21(28)17-20(25)18-35-5/h6-12,17,19,22H,2,13-16,18H2,1,3-5H3/b23-6+,27-24+. The number of sulfonamides is 1. The first-order valence-electron chi connectivity index (χ1n) is 11.8. The molecule has 1 saturated heterocycles. The van der Waals surface area contributed by atoms with E-state index in [1.165, 1.54) is 10.4 Å². The van der Waals surface area contributed by atoms with Crippen molar-refractivity contribution in [3.8, 4) is 0 Å². The minimum absolute atomic E-state index is 0.116. The van der Waals surface area contributed by atoms with E-state index in [1.54, 1.807) is 12.0 Å². The van der Waals surface area contributed by atoms with Crippen LogP contribution in [0.4, 0.5) is 11.4 Å². The zero-order valence-electron chi connectivity index (χ0n) is 21.3. The van der Waals surface area contributed by atoms with E-state index in [9.17, 15) is 13.2 Å². The predicted octanol–water partition coefficient (Wildman–Crippen LogP) is 3.21. The van der Waals surface area contributed by atoms with Crippen LogP contribution in [0.1, 0.15) is 25.3 Å². The highest BCUT2D eigenvalue weighted by molar-refractivity contribution is 9.10. The van der Waals surface area contributed by atoms with E-state index < -0.39 is 10.0 Å². The van der Waals surface area contributed by atoms with Crippen molar-refractivity contribution in [2.45, 2.75) is 32.4 Å². The molecule has 0 atom stereocenters. The van der Waals surface area contributed by atoms with Gasteiger partial charge in [0, 0.05) is 72.2 Å². The normalized spacial score (nSPS) is 16.5. The number of hydrogen-bond acceptors (Lipinski definition) is 5. The Kier molecular flexibility index (Phi) is 9.52. The number of anilines is 2. The first-order chi connectivity index (χ1) is 17.2. The van der Waals surface area contributed by atoms with Crippen LogP contribution in [0.25, 0.3) is 11.0 Å². The smallest absolute Gasteiger partial charge is 0.243 e. The Labute approximate surface area is 222 Å². The van der Waals surface area contributed by atoms with Crippen molar-refractivity contribution in [2.75, 3.05) is 44.1 Å². The third kappa shape index (κ3) is 5.75. The molecule has 1 fully saturated rings. The van der Waals surface area contributed by atoms with Crippen LogP contribution in [-0.2, 0) is 26.2 Å². The summed E-state index contributed by atoms with van der Waals surface area (Å²) in [5, 5.41) is 1.48. The number of amides is 1. The van der Waals surface area contributed by atoms with E-state index in [4.69, 9.17) is 4.74 Å². The summed E-state index contributed by atoms with van der Waals surface area (Å²) < 4.78 is 35.2. The third-order valence-corrected chi connectivity index (χ3v) is 8.95. The Morgan fingerprint density at radius 3 is 2.44 bits per heavy atom. The summed E-state index contributed by atoms with van der Waals surface area (Å²) in [5.74, 6) is 0. The van der Waals surface area contributed by atoms with Crippen LogP contribution >= 0.6 is 15.9 Å². The zero-order chi connectivity index (χ0) is 26.5. The van der Waals surface area contributed by atoms with E-state index in [0.29, 0.717) is 37.8 Å². The first kappa shape index (κ1) is 28.1. The number of carbonyl (C=O) groups excluding carboxylic acids is 1. The van der Waals surface area contributed by atoms with Crippen LogP contribution in [0.5, 0.6) is 0 Å². The lowest BCUT2D eigenvalue weighted by Crippen LogP contribution is -2.47. The van der Waals surface area contributed by atoms with Crippen molar-refractivity contribution in [3.05, 3.63) is 69.5 Å². The number of methoxy groups -OCH3 is 1. The Balaban J connectivity index is 1.92. The molecule has 7 nitrogen and oxygen atoms in total. The molecule has 0 bridgehead atoms. The molecular formula is C27H34BrN3O4S. The van der Waals surface area contributed by atoms with E-state index >= 15 is 0 Å². The molecular weight excluding hydrogens is 542 g/mol. The summed E-state index contributed by atoms with van der Waals surface area (Å²) in [4.78, 5) is 16.0. The van der Waals surface area contributed by atoms with Gasteiger partial charge in [0.15, 0.2) is 0 Å². The largest absolute Gasteiger partial charge is 0.380 e. The fourth-order valence-corrected chi connectivity index (χ4v) is 6.78. The zero-order valence-corrected chi connectivity index (χ0v) is 23.7. The molecule has 0 radical (unpaired) electrons. The Bertz CT molecular complexity index is 1330. The second-order valence-electron chi connectivity index (χ2n) is 8.84. The molecule has 0 saturated carbocycles. The molecule has 1 heterocycles. The summed E-state index contributed by atoms with van der Waals surface area (Å²) in [7, 11) is 1.69. The van der Waals surface area contributed by atoms with Gasteiger partial charge in [0.25, 0.3) is 0 Å². The molecule has 0 N–H and O–H groups in total. The monoisotopic (exact) mass is 575 g/mol. The van der Waals surface area contributed by atoms with Gasteiger partial charge >= 0.3 is 0 Å². The van der Waals surface area contributed by atoms with Crippen LogP contribution in [0.3, 0.4) is 0 Å². The Morgan fingerprint density at radius 2 is 1.89 bits per heavy atom. The van der Waals surface area contributed by atoms with Gasteiger partial charge in [0.05, 0.1) is 11.5 Å². The molecule has 2 aromatic rings. The maximum atomic E-state index is 13.7. The van der Waals surface area contributed by atoms with E-state index in [0.717, 1.165) is 33.0 Å². The van der Waals surface area contributed by atoms with Crippen molar-refractivity contribution >= 4 is 54.7 Å². The Hall–Kier alpha value is -2.46. The van der Waals surface area contributed by atoms with Crippen molar-refractivity contribution in [1.82, 2.24) is 4.31 Å². The highest BCUT2D eigenvalue weighted by Gasteiger charge is 2.33. The highest BCUT2D eigenvalue weighted by atomic mass is 79.9. The molecule has 1 aliphatic heterocycles. The number of nitrogens with zero attached hydrogens (tertiary/aromatic N) is 3. The third-order valence-electron chi connectivity index (χ3n) is 6.47. The number of halogens is 1. The number of benzene rings is 2. The minimum Gasteiger partial charge on any atom is -0.380 e. The molecule has 9 heteroatoms. The fourth-order valence-electron chi connectivity index (χ4n) is 4.73. The number of rotatable bonds is 9. The lowest BCUT2D eigenvalue weighted by atomic mass is 10.0. The topological polar surface area (TPSA) is 70.2 Å². The second-order valence-corrected chi connectivity index (χ2v) is 11.7. The van der Waals surface area contributed by atoms with Crippen LogP contribution in [0.15, 0.2) is 53.5 Å². The summed E-state index contributed by atoms with van der Waals surface area (Å²) in [6.45, 7) is 6.73. The SMILES string of the molecule is C=C/C(=c1/cccc(N(C)C)/c1=C/C)S(=O)(=O)N1CCC(N(C=O)c2ccc(Br)cc2COC)CC1. The maximum absolute atomic E-state index is 13.7. The van der Waals surface area contributed by atoms with Gasteiger partial charge in [-0.05, 0) is 50.1 Å². The summed E-state index contributed by atoms with van der Waals surface area (Å²) in [6, 6.07) is 11.2. The molecule has 1 amide bonds.